The van der Waals surface area contributed by atoms with Gasteiger partial charge in [-0.3, -0.25) is 9.59 Å². The molecule has 8 heteroatoms. The molecule has 1 amide bonds. The Morgan fingerprint density at radius 2 is 1.97 bits per heavy atom. The Labute approximate surface area is 202 Å². The molecule has 0 fully saturated rings. The Bertz CT molecular complexity index is 948. The molecule has 3 N–H and O–H groups in total. The second-order valence-electron chi connectivity index (χ2n) is 9.18. The average Bonchev–Trinajstić information content (AvgIpc) is 2.82. The van der Waals surface area contributed by atoms with Crippen molar-refractivity contribution >= 4 is 17.7 Å². The molecule has 2 atom stereocenters. The number of pyridine rings is 1. The molecule has 2 aromatic heterocycles. The number of nitrogens with one attached hydrogen (secondary N) is 2. The lowest BCUT2D eigenvalue weighted by Gasteiger charge is -2.21. The molecule has 0 bridgehead atoms. The summed E-state index contributed by atoms with van der Waals surface area (Å²) in [7, 11) is 0. The van der Waals surface area contributed by atoms with Crippen LogP contribution in [0, 0.1) is 6.92 Å². The Kier molecular flexibility index (Phi) is 9.79. The fraction of sp³-hybridized carbons (Fsp3) is 0.577. The van der Waals surface area contributed by atoms with Crippen molar-refractivity contribution in [3.63, 3.8) is 0 Å². The molecule has 0 aromatic carbocycles. The summed E-state index contributed by atoms with van der Waals surface area (Å²) >= 11 is 0. The first-order chi connectivity index (χ1) is 16.4. The molecule has 0 spiro atoms. The second-order valence-corrected chi connectivity index (χ2v) is 9.18. The Morgan fingerprint density at radius 3 is 2.71 bits per heavy atom. The maximum atomic E-state index is 12.3. The lowest BCUT2D eigenvalue weighted by atomic mass is 9.91. The number of hydrogen-bond acceptors (Lipinski definition) is 6. The number of fused-ring (bicyclic) bond motifs is 1. The number of aryl methyl sites for hydroxylation is 3. The minimum Gasteiger partial charge on any atom is -0.481 e. The van der Waals surface area contributed by atoms with Gasteiger partial charge in [-0.25, -0.2) is 15.0 Å². The molecule has 3 heterocycles. The van der Waals surface area contributed by atoms with Crippen molar-refractivity contribution in [1.29, 1.82) is 0 Å². The first-order valence-corrected chi connectivity index (χ1v) is 12.5. The fourth-order valence-corrected chi connectivity index (χ4v) is 4.47. The molecule has 0 radical (unpaired) electrons. The van der Waals surface area contributed by atoms with Crippen LogP contribution in [0.25, 0.3) is 0 Å². The van der Waals surface area contributed by atoms with Gasteiger partial charge in [-0.15, -0.1) is 0 Å². The molecular formula is C26H37N5O3. The van der Waals surface area contributed by atoms with E-state index in [0.29, 0.717) is 18.7 Å². The zero-order valence-electron chi connectivity index (χ0n) is 20.3. The number of carbonyl (C=O) groups is 2. The lowest BCUT2D eigenvalue weighted by Crippen LogP contribution is -2.35. The van der Waals surface area contributed by atoms with Gasteiger partial charge in [0.05, 0.1) is 6.42 Å². The van der Waals surface area contributed by atoms with Gasteiger partial charge in [0.1, 0.15) is 11.6 Å². The Morgan fingerprint density at radius 1 is 1.18 bits per heavy atom. The first-order valence-electron chi connectivity index (χ1n) is 12.5. The highest BCUT2D eigenvalue weighted by Gasteiger charge is 2.19. The third kappa shape index (κ3) is 8.08. The summed E-state index contributed by atoms with van der Waals surface area (Å²) in [5, 5.41) is 15.9. The number of anilines is 1. The molecule has 3 rings (SSSR count). The monoisotopic (exact) mass is 467 g/mol. The van der Waals surface area contributed by atoms with Gasteiger partial charge in [0, 0.05) is 37.1 Å². The predicted molar refractivity (Wildman–Crippen MR) is 132 cm³/mol. The van der Waals surface area contributed by atoms with Gasteiger partial charge in [-0.05, 0) is 75.0 Å². The van der Waals surface area contributed by atoms with Gasteiger partial charge in [0.15, 0.2) is 0 Å². The van der Waals surface area contributed by atoms with Crippen molar-refractivity contribution in [2.24, 2.45) is 0 Å². The van der Waals surface area contributed by atoms with E-state index < -0.39 is 5.97 Å². The molecule has 0 saturated carbocycles. The number of carboxylic acid groups (broad SMARTS) is 1. The number of aromatic nitrogens is 3. The van der Waals surface area contributed by atoms with E-state index in [1.54, 1.807) is 12.4 Å². The van der Waals surface area contributed by atoms with E-state index >= 15 is 0 Å². The van der Waals surface area contributed by atoms with Crippen LogP contribution in [0.15, 0.2) is 24.5 Å². The molecule has 2 aromatic rings. The first kappa shape index (κ1) is 25.6. The number of hydrogen-bond donors (Lipinski definition) is 3. The average molecular weight is 468 g/mol. The minimum atomic E-state index is -0.828. The molecule has 184 valence electrons. The third-order valence-corrected chi connectivity index (χ3v) is 6.34. The van der Waals surface area contributed by atoms with Gasteiger partial charge in [0.25, 0.3) is 0 Å². The Hall–Kier alpha value is -3.03. The highest BCUT2D eigenvalue weighted by Crippen LogP contribution is 2.26. The normalized spacial score (nSPS) is 14.5. The summed E-state index contributed by atoms with van der Waals surface area (Å²) in [6.45, 7) is 4.77. The quantitative estimate of drug-likeness (QED) is 0.404. The van der Waals surface area contributed by atoms with E-state index in [1.165, 1.54) is 5.56 Å². The van der Waals surface area contributed by atoms with Crippen LogP contribution in [0.1, 0.15) is 86.9 Å². The van der Waals surface area contributed by atoms with Gasteiger partial charge in [0.2, 0.25) is 5.91 Å². The summed E-state index contributed by atoms with van der Waals surface area (Å²) in [6.07, 6.45) is 10.9. The lowest BCUT2D eigenvalue weighted by molar-refractivity contribution is -0.137. The van der Waals surface area contributed by atoms with Crippen molar-refractivity contribution in [2.75, 3.05) is 11.9 Å². The summed E-state index contributed by atoms with van der Waals surface area (Å²) in [6, 6.07) is 4.29. The van der Waals surface area contributed by atoms with Crippen molar-refractivity contribution < 1.29 is 14.7 Å². The summed E-state index contributed by atoms with van der Waals surface area (Å²) in [4.78, 5) is 37.0. The van der Waals surface area contributed by atoms with Gasteiger partial charge in [-0.1, -0.05) is 19.4 Å². The van der Waals surface area contributed by atoms with E-state index in [9.17, 15) is 14.7 Å². The number of carboxylic acids is 1. The molecule has 0 aliphatic carbocycles. The number of rotatable bonds is 13. The van der Waals surface area contributed by atoms with Crippen LogP contribution in [0.5, 0.6) is 0 Å². The SMILES string of the molecule is CCCC(=O)NC(CCC[C@@H](CC(=O)O)c1cnc(C)nc1)CCc1ccc2c(n1)NCCC2. The van der Waals surface area contributed by atoms with Crippen LogP contribution in [-0.2, 0) is 22.4 Å². The van der Waals surface area contributed by atoms with Crippen LogP contribution in [0.4, 0.5) is 5.82 Å². The fourth-order valence-electron chi connectivity index (χ4n) is 4.47. The van der Waals surface area contributed by atoms with Crippen LogP contribution in [0.3, 0.4) is 0 Å². The van der Waals surface area contributed by atoms with E-state index in [-0.39, 0.29) is 24.3 Å². The number of carbonyl (C=O) groups excluding carboxylic acids is 1. The highest BCUT2D eigenvalue weighted by atomic mass is 16.4. The highest BCUT2D eigenvalue weighted by molar-refractivity contribution is 5.76. The summed E-state index contributed by atoms with van der Waals surface area (Å²) < 4.78 is 0. The van der Waals surface area contributed by atoms with Gasteiger partial charge < -0.3 is 15.7 Å². The molecule has 1 aliphatic rings. The molecule has 1 aliphatic heterocycles. The van der Waals surface area contributed by atoms with E-state index in [0.717, 1.165) is 68.6 Å². The molecule has 8 nitrogen and oxygen atoms in total. The summed E-state index contributed by atoms with van der Waals surface area (Å²) in [5.41, 5.74) is 3.15. The minimum absolute atomic E-state index is 0.0320. The standard InChI is InChI=1S/C26H37N5O3/c1-3-6-24(32)30-22(12-13-23-11-10-19-8-5-14-27-26(19)31-23)9-4-7-20(15-25(33)34)21-16-28-18(2)29-17-21/h10-11,16-17,20,22H,3-9,12-15H2,1-2H3,(H,27,31)(H,30,32)(H,33,34)/t20-,22?/m0/s1. The summed E-state index contributed by atoms with van der Waals surface area (Å²) in [5.74, 6) is 0.764. The van der Waals surface area contributed by atoms with Crippen LogP contribution < -0.4 is 10.6 Å². The Balaban J connectivity index is 1.59. The van der Waals surface area contributed by atoms with Crippen molar-refractivity contribution in [1.82, 2.24) is 20.3 Å². The van der Waals surface area contributed by atoms with E-state index in [2.05, 4.69) is 32.7 Å². The molecular weight excluding hydrogens is 430 g/mol. The van der Waals surface area contributed by atoms with Crippen LogP contribution in [-0.4, -0.2) is 44.5 Å². The van der Waals surface area contributed by atoms with Gasteiger partial charge >= 0.3 is 5.97 Å². The zero-order valence-corrected chi connectivity index (χ0v) is 20.3. The van der Waals surface area contributed by atoms with Crippen molar-refractivity contribution in [3.8, 4) is 0 Å². The van der Waals surface area contributed by atoms with Crippen molar-refractivity contribution in [3.05, 3.63) is 47.2 Å². The van der Waals surface area contributed by atoms with E-state index in [4.69, 9.17) is 4.98 Å². The molecule has 34 heavy (non-hydrogen) atoms. The van der Waals surface area contributed by atoms with Gasteiger partial charge in [-0.2, -0.15) is 0 Å². The predicted octanol–water partition coefficient (Wildman–Crippen LogP) is 4.18. The van der Waals surface area contributed by atoms with Crippen molar-refractivity contribution in [2.45, 2.75) is 90.0 Å². The number of amides is 1. The maximum absolute atomic E-state index is 12.3. The largest absolute Gasteiger partial charge is 0.481 e. The van der Waals surface area contributed by atoms with E-state index in [1.807, 2.05) is 13.8 Å². The third-order valence-electron chi connectivity index (χ3n) is 6.34. The topological polar surface area (TPSA) is 117 Å². The van der Waals surface area contributed by atoms with Crippen LogP contribution >= 0.6 is 0 Å². The number of aliphatic carboxylic acids is 1. The molecule has 0 saturated heterocycles. The molecule has 1 unspecified atom stereocenters. The smallest absolute Gasteiger partial charge is 0.303 e. The number of nitrogens with zero attached hydrogens (tertiary/aromatic N) is 3. The zero-order chi connectivity index (χ0) is 24.3. The van der Waals surface area contributed by atoms with Crippen LogP contribution in [0.2, 0.25) is 0 Å². The second kappa shape index (κ2) is 13.0. The maximum Gasteiger partial charge on any atom is 0.303 e.